The maximum absolute atomic E-state index is 10.5. The minimum absolute atomic E-state index is 0.195. The molecule has 4 nitrogen and oxygen atoms in total. The average molecular weight is 251 g/mol. The van der Waals surface area contributed by atoms with Gasteiger partial charge in [0.15, 0.2) is 0 Å². The summed E-state index contributed by atoms with van der Waals surface area (Å²) in [5.41, 5.74) is 2.30. The van der Waals surface area contributed by atoms with E-state index in [1.165, 1.54) is 5.56 Å². The summed E-state index contributed by atoms with van der Waals surface area (Å²) in [5.74, 6) is 0.0845. The smallest absolute Gasteiger partial charge is 0.303 e. The third kappa shape index (κ3) is 4.75. The van der Waals surface area contributed by atoms with Crippen molar-refractivity contribution in [3.05, 3.63) is 29.3 Å². The fourth-order valence-corrected chi connectivity index (χ4v) is 1.92. The molecule has 0 fully saturated rings. The summed E-state index contributed by atoms with van der Waals surface area (Å²) in [7, 11) is 5.68. The van der Waals surface area contributed by atoms with Crippen LogP contribution >= 0.6 is 0 Å². The Balaban J connectivity index is 2.75. The monoisotopic (exact) mass is 251 g/mol. The van der Waals surface area contributed by atoms with Crippen LogP contribution in [-0.4, -0.2) is 37.2 Å². The van der Waals surface area contributed by atoms with E-state index in [1.807, 2.05) is 26.2 Å². The molecule has 0 saturated carbocycles. The van der Waals surface area contributed by atoms with Gasteiger partial charge in [-0.15, -0.1) is 0 Å². The van der Waals surface area contributed by atoms with Crippen LogP contribution in [0.1, 0.15) is 24.0 Å². The first kappa shape index (κ1) is 14.5. The molecule has 1 aromatic rings. The highest BCUT2D eigenvalue weighted by Gasteiger charge is 2.06. The number of methoxy groups -OCH3 is 1. The first-order chi connectivity index (χ1) is 8.52. The van der Waals surface area contributed by atoms with E-state index in [-0.39, 0.29) is 6.42 Å². The maximum Gasteiger partial charge on any atom is 0.303 e. The molecule has 0 saturated heterocycles. The zero-order valence-corrected chi connectivity index (χ0v) is 11.3. The molecule has 0 atom stereocenters. The Morgan fingerprint density at radius 1 is 1.39 bits per heavy atom. The molecule has 1 rings (SSSR count). The van der Waals surface area contributed by atoms with E-state index in [1.54, 1.807) is 7.11 Å². The SMILES string of the molecule is COc1ccc(CN(C)C)cc1CCCC(=O)O. The Morgan fingerprint density at radius 3 is 2.67 bits per heavy atom. The molecule has 0 bridgehead atoms. The summed E-state index contributed by atoms with van der Waals surface area (Å²) in [6.07, 6.45) is 1.56. The average Bonchev–Trinajstić information content (AvgIpc) is 2.28. The Labute approximate surface area is 108 Å². The van der Waals surface area contributed by atoms with Crippen molar-refractivity contribution in [3.8, 4) is 5.75 Å². The number of aliphatic carboxylic acids is 1. The summed E-state index contributed by atoms with van der Waals surface area (Å²) in [6, 6.07) is 6.09. The summed E-state index contributed by atoms with van der Waals surface area (Å²) in [6.45, 7) is 0.871. The van der Waals surface area contributed by atoms with Gasteiger partial charge in [0.05, 0.1) is 7.11 Å². The van der Waals surface area contributed by atoms with Crippen LogP contribution < -0.4 is 4.74 Å². The van der Waals surface area contributed by atoms with Crippen molar-refractivity contribution in [3.63, 3.8) is 0 Å². The van der Waals surface area contributed by atoms with Gasteiger partial charge in [0, 0.05) is 13.0 Å². The van der Waals surface area contributed by atoms with E-state index in [0.29, 0.717) is 6.42 Å². The predicted molar refractivity (Wildman–Crippen MR) is 71.0 cm³/mol. The first-order valence-corrected chi connectivity index (χ1v) is 6.05. The van der Waals surface area contributed by atoms with Gasteiger partial charge in [-0.1, -0.05) is 12.1 Å². The van der Waals surface area contributed by atoms with Gasteiger partial charge in [-0.05, 0) is 44.1 Å². The topological polar surface area (TPSA) is 49.8 Å². The molecule has 0 heterocycles. The Kier molecular flexibility index (Phi) is 5.65. The van der Waals surface area contributed by atoms with Crippen LogP contribution in [0.2, 0.25) is 0 Å². The van der Waals surface area contributed by atoms with E-state index in [0.717, 1.165) is 24.3 Å². The van der Waals surface area contributed by atoms with Crippen molar-refractivity contribution < 1.29 is 14.6 Å². The van der Waals surface area contributed by atoms with Crippen molar-refractivity contribution >= 4 is 5.97 Å². The number of hydrogen-bond acceptors (Lipinski definition) is 3. The fourth-order valence-electron chi connectivity index (χ4n) is 1.92. The molecule has 18 heavy (non-hydrogen) atoms. The minimum atomic E-state index is -0.751. The summed E-state index contributed by atoms with van der Waals surface area (Å²) in [5, 5.41) is 8.65. The lowest BCUT2D eigenvalue weighted by Crippen LogP contribution is -2.11. The molecule has 100 valence electrons. The highest BCUT2D eigenvalue weighted by atomic mass is 16.5. The number of aryl methyl sites for hydroxylation is 1. The van der Waals surface area contributed by atoms with Crippen LogP contribution in [0, 0.1) is 0 Å². The van der Waals surface area contributed by atoms with Crippen molar-refractivity contribution in [1.82, 2.24) is 4.90 Å². The minimum Gasteiger partial charge on any atom is -0.496 e. The maximum atomic E-state index is 10.5. The molecular weight excluding hydrogens is 230 g/mol. The van der Waals surface area contributed by atoms with Crippen molar-refractivity contribution in [1.29, 1.82) is 0 Å². The second-order valence-electron chi connectivity index (χ2n) is 4.63. The van der Waals surface area contributed by atoms with Crippen molar-refractivity contribution in [2.45, 2.75) is 25.8 Å². The lowest BCUT2D eigenvalue weighted by atomic mass is 10.0. The van der Waals surface area contributed by atoms with Gasteiger partial charge in [0.2, 0.25) is 0 Å². The van der Waals surface area contributed by atoms with Crippen LogP contribution in [0.25, 0.3) is 0 Å². The number of rotatable bonds is 7. The normalized spacial score (nSPS) is 10.7. The number of benzene rings is 1. The number of hydrogen-bond donors (Lipinski definition) is 1. The second-order valence-corrected chi connectivity index (χ2v) is 4.63. The fraction of sp³-hybridized carbons (Fsp3) is 0.500. The summed E-state index contributed by atoms with van der Waals surface area (Å²) < 4.78 is 5.30. The number of carbonyl (C=O) groups is 1. The highest BCUT2D eigenvalue weighted by molar-refractivity contribution is 5.66. The summed E-state index contributed by atoms with van der Waals surface area (Å²) in [4.78, 5) is 12.6. The molecule has 0 unspecified atom stereocenters. The molecule has 1 aromatic carbocycles. The zero-order valence-electron chi connectivity index (χ0n) is 11.3. The summed E-state index contributed by atoms with van der Waals surface area (Å²) >= 11 is 0. The molecule has 0 radical (unpaired) electrons. The van der Waals surface area contributed by atoms with Gasteiger partial charge >= 0.3 is 5.97 Å². The number of nitrogens with zero attached hydrogens (tertiary/aromatic N) is 1. The van der Waals surface area contributed by atoms with E-state index in [9.17, 15) is 4.79 Å². The van der Waals surface area contributed by atoms with Gasteiger partial charge in [0.25, 0.3) is 0 Å². The number of ether oxygens (including phenoxy) is 1. The second kappa shape index (κ2) is 7.01. The number of carboxylic acids is 1. The van der Waals surface area contributed by atoms with Crippen LogP contribution in [0.3, 0.4) is 0 Å². The van der Waals surface area contributed by atoms with Crippen LogP contribution in [0.5, 0.6) is 5.75 Å². The van der Waals surface area contributed by atoms with E-state index in [2.05, 4.69) is 11.0 Å². The lowest BCUT2D eigenvalue weighted by molar-refractivity contribution is -0.137. The molecular formula is C14H21NO3. The van der Waals surface area contributed by atoms with Crippen LogP contribution in [0.15, 0.2) is 18.2 Å². The molecule has 0 amide bonds. The van der Waals surface area contributed by atoms with E-state index in [4.69, 9.17) is 9.84 Å². The quantitative estimate of drug-likeness (QED) is 0.807. The molecule has 0 aromatic heterocycles. The molecule has 1 N–H and O–H groups in total. The van der Waals surface area contributed by atoms with Crippen LogP contribution in [0.4, 0.5) is 0 Å². The Bertz CT molecular complexity index is 402. The Hall–Kier alpha value is -1.55. The van der Waals surface area contributed by atoms with Gasteiger partial charge in [-0.25, -0.2) is 0 Å². The largest absolute Gasteiger partial charge is 0.496 e. The van der Waals surface area contributed by atoms with Crippen LogP contribution in [-0.2, 0) is 17.8 Å². The first-order valence-electron chi connectivity index (χ1n) is 6.05. The van der Waals surface area contributed by atoms with Gasteiger partial charge in [0.1, 0.15) is 5.75 Å². The van der Waals surface area contributed by atoms with Gasteiger partial charge < -0.3 is 14.7 Å². The van der Waals surface area contributed by atoms with E-state index < -0.39 is 5.97 Å². The molecule has 0 aliphatic rings. The predicted octanol–water partition coefficient (Wildman–Crippen LogP) is 2.16. The molecule has 0 aliphatic carbocycles. The molecule has 4 heteroatoms. The van der Waals surface area contributed by atoms with E-state index >= 15 is 0 Å². The lowest BCUT2D eigenvalue weighted by Gasteiger charge is -2.13. The standard InChI is InChI=1S/C14H21NO3/c1-15(2)10-11-7-8-13(18-3)12(9-11)5-4-6-14(16)17/h7-9H,4-6,10H2,1-3H3,(H,16,17). The third-order valence-corrected chi connectivity index (χ3v) is 2.68. The third-order valence-electron chi connectivity index (χ3n) is 2.68. The Morgan fingerprint density at radius 2 is 2.11 bits per heavy atom. The van der Waals surface area contributed by atoms with Crippen molar-refractivity contribution in [2.75, 3.05) is 21.2 Å². The van der Waals surface area contributed by atoms with Gasteiger partial charge in [-0.3, -0.25) is 4.79 Å². The molecule has 0 aliphatic heterocycles. The number of carboxylic acid groups (broad SMARTS) is 1. The highest BCUT2D eigenvalue weighted by Crippen LogP contribution is 2.22. The molecule has 0 spiro atoms. The van der Waals surface area contributed by atoms with Gasteiger partial charge in [-0.2, -0.15) is 0 Å². The van der Waals surface area contributed by atoms with Crippen molar-refractivity contribution in [2.24, 2.45) is 0 Å². The zero-order chi connectivity index (χ0) is 13.5.